The molecule has 5 amide bonds. The molecule has 12 nitrogen and oxygen atoms in total. The second kappa shape index (κ2) is 14.0. The molecule has 1 aromatic carbocycles. The number of rotatable bonds is 11. The Hall–Kier alpha value is -3.96. The summed E-state index contributed by atoms with van der Waals surface area (Å²) in [5, 5.41) is 8.29. The number of para-hydroxylation sites is 1. The first-order chi connectivity index (χ1) is 22.3. The van der Waals surface area contributed by atoms with Gasteiger partial charge in [-0.2, -0.15) is 0 Å². The minimum Gasteiger partial charge on any atom is -0.446 e. The minimum absolute atomic E-state index is 0.0121. The third-order valence-electron chi connectivity index (χ3n) is 9.78. The number of carbonyl (C=O) groups excluding carboxylic acids is 6. The fourth-order valence-corrected chi connectivity index (χ4v) is 7.10. The van der Waals surface area contributed by atoms with Crippen LogP contribution in [0, 0.1) is 10.8 Å². The molecule has 2 aliphatic heterocycles. The van der Waals surface area contributed by atoms with Gasteiger partial charge in [0.05, 0.1) is 6.04 Å². The van der Waals surface area contributed by atoms with Crippen molar-refractivity contribution >= 4 is 41.2 Å². The summed E-state index contributed by atoms with van der Waals surface area (Å²) in [5.74, 6) is -2.57. The summed E-state index contributed by atoms with van der Waals surface area (Å²) < 4.78 is 5.63. The Kier molecular flexibility index (Phi) is 10.3. The van der Waals surface area contributed by atoms with E-state index in [1.165, 1.54) is 4.90 Å². The van der Waals surface area contributed by atoms with Gasteiger partial charge >= 0.3 is 6.09 Å². The highest BCUT2D eigenvalue weighted by molar-refractivity contribution is 6.38. The summed E-state index contributed by atoms with van der Waals surface area (Å²) in [6, 6.07) is 6.15. The Morgan fingerprint density at radius 3 is 2.28 bits per heavy atom. The number of hydrogen-bond donors (Lipinski definition) is 3. The molecule has 2 saturated carbocycles. The lowest BCUT2D eigenvalue weighted by atomic mass is 9.84. The molecule has 0 unspecified atom stereocenters. The molecule has 4 fully saturated rings. The van der Waals surface area contributed by atoms with E-state index in [9.17, 15) is 28.8 Å². The number of ketones is 1. The van der Waals surface area contributed by atoms with Gasteiger partial charge in [0.1, 0.15) is 18.2 Å². The van der Waals surface area contributed by atoms with Gasteiger partial charge in [-0.15, -0.1) is 0 Å². The van der Waals surface area contributed by atoms with Gasteiger partial charge in [0.2, 0.25) is 23.5 Å². The number of likely N-dealkylation sites (tertiary alicyclic amines) is 1. The molecule has 256 valence electrons. The number of anilines is 1. The molecule has 2 aliphatic carbocycles. The van der Waals surface area contributed by atoms with Gasteiger partial charge in [-0.05, 0) is 68.9 Å². The van der Waals surface area contributed by atoms with Crippen LogP contribution in [0.4, 0.5) is 10.5 Å². The molecule has 4 atom stereocenters. The van der Waals surface area contributed by atoms with Crippen LogP contribution in [0.5, 0.6) is 0 Å². The van der Waals surface area contributed by atoms with Crippen LogP contribution in [0.3, 0.4) is 0 Å². The van der Waals surface area contributed by atoms with Crippen molar-refractivity contribution in [1.29, 1.82) is 0 Å². The molecule has 1 aromatic rings. The first kappa shape index (κ1) is 34.4. The highest BCUT2D eigenvalue weighted by Gasteiger charge is 2.56. The maximum atomic E-state index is 14.5. The minimum atomic E-state index is -1.05. The van der Waals surface area contributed by atoms with Gasteiger partial charge < -0.3 is 30.5 Å². The Morgan fingerprint density at radius 2 is 1.66 bits per heavy atom. The van der Waals surface area contributed by atoms with Crippen LogP contribution in [-0.2, 0) is 28.7 Å². The van der Waals surface area contributed by atoms with E-state index in [1.807, 2.05) is 58.0 Å². The number of Topliss-reactive ketones (excluding diaryl/α,β-unsaturated/α-hetero) is 1. The molecule has 12 heteroatoms. The van der Waals surface area contributed by atoms with E-state index in [0.29, 0.717) is 13.0 Å². The zero-order chi connectivity index (χ0) is 33.9. The van der Waals surface area contributed by atoms with E-state index >= 15 is 0 Å². The van der Waals surface area contributed by atoms with E-state index in [2.05, 4.69) is 16.0 Å². The van der Waals surface area contributed by atoms with Crippen molar-refractivity contribution in [3.05, 3.63) is 30.3 Å². The summed E-state index contributed by atoms with van der Waals surface area (Å²) in [5.41, 5.74) is -0.740. The van der Waals surface area contributed by atoms with Crippen LogP contribution in [0.25, 0.3) is 0 Å². The SMILES string of the molecule is CCC[C@H](NC(=O)[C@@H]1C[C@]2(CC(=O)N(c3ccccc3)C2)CN1C(=O)[C@@H](NC(=O)OC1CCCC1)C(C)(C)C)C(=O)C(=O)NC1CC1. The number of nitrogens with zero attached hydrogens (tertiary/aromatic N) is 2. The van der Waals surface area contributed by atoms with Crippen molar-refractivity contribution in [1.82, 2.24) is 20.9 Å². The third-order valence-corrected chi connectivity index (χ3v) is 9.78. The van der Waals surface area contributed by atoms with Gasteiger partial charge in [0, 0.05) is 36.7 Å². The standard InChI is InChI=1S/C35H49N5O7/c1-5-11-25(28(42)31(44)36-22-16-17-22)37-30(43)26-18-35(19-27(41)39(20-35)23-12-7-6-8-13-23)21-40(26)32(45)29(34(2,3)4)38-33(46)47-24-14-9-10-15-24/h6-8,12-13,22,24-26,29H,5,9-11,14-21H2,1-4H3,(H,36,44)(H,37,43)(H,38,46)/t25-,26-,29+,35+/m0/s1. The topological polar surface area (TPSA) is 154 Å². The van der Waals surface area contributed by atoms with E-state index in [1.54, 1.807) is 4.90 Å². The van der Waals surface area contributed by atoms with Gasteiger partial charge in [-0.3, -0.25) is 24.0 Å². The number of benzene rings is 1. The summed E-state index contributed by atoms with van der Waals surface area (Å²) in [7, 11) is 0. The number of carbonyl (C=O) groups is 6. The third kappa shape index (κ3) is 8.13. The molecule has 4 aliphatic rings. The molecular weight excluding hydrogens is 602 g/mol. The van der Waals surface area contributed by atoms with Crippen LogP contribution in [0.15, 0.2) is 30.3 Å². The van der Waals surface area contributed by atoms with Crippen LogP contribution in [0.2, 0.25) is 0 Å². The first-order valence-corrected chi connectivity index (χ1v) is 17.1. The molecule has 0 bridgehead atoms. The lowest BCUT2D eigenvalue weighted by Gasteiger charge is -2.36. The van der Waals surface area contributed by atoms with Crippen molar-refractivity contribution < 1.29 is 33.5 Å². The fraction of sp³-hybridized carbons (Fsp3) is 0.657. The van der Waals surface area contributed by atoms with Gasteiger partial charge in [0.25, 0.3) is 5.91 Å². The van der Waals surface area contributed by atoms with Crippen LogP contribution < -0.4 is 20.9 Å². The Bertz CT molecular complexity index is 1370. The number of ether oxygens (including phenoxy) is 1. The van der Waals surface area contributed by atoms with E-state index in [4.69, 9.17) is 4.74 Å². The highest BCUT2D eigenvalue weighted by Crippen LogP contribution is 2.45. The average molecular weight is 652 g/mol. The predicted octanol–water partition coefficient (Wildman–Crippen LogP) is 3.23. The van der Waals surface area contributed by atoms with E-state index in [-0.39, 0.29) is 43.9 Å². The fourth-order valence-electron chi connectivity index (χ4n) is 7.10. The van der Waals surface area contributed by atoms with E-state index in [0.717, 1.165) is 44.2 Å². The molecule has 0 radical (unpaired) electrons. The second-order valence-electron chi connectivity index (χ2n) is 14.9. The second-order valence-corrected chi connectivity index (χ2v) is 14.9. The Morgan fingerprint density at radius 1 is 0.979 bits per heavy atom. The Balaban J connectivity index is 1.40. The molecule has 2 heterocycles. The lowest BCUT2D eigenvalue weighted by Crippen LogP contribution is -2.59. The van der Waals surface area contributed by atoms with Crippen molar-refractivity contribution in [3.63, 3.8) is 0 Å². The van der Waals surface area contributed by atoms with Gasteiger partial charge in [-0.25, -0.2) is 4.79 Å². The summed E-state index contributed by atoms with van der Waals surface area (Å²) in [6.07, 6.45) is 5.41. The maximum absolute atomic E-state index is 14.5. The predicted molar refractivity (Wildman–Crippen MR) is 174 cm³/mol. The maximum Gasteiger partial charge on any atom is 0.408 e. The molecule has 1 spiro atoms. The number of amides is 5. The zero-order valence-electron chi connectivity index (χ0n) is 28.0. The first-order valence-electron chi connectivity index (χ1n) is 17.1. The van der Waals surface area contributed by atoms with Crippen molar-refractivity contribution in [3.8, 4) is 0 Å². The Labute approximate surface area is 276 Å². The van der Waals surface area contributed by atoms with Gasteiger partial charge in [0.15, 0.2) is 0 Å². The van der Waals surface area contributed by atoms with E-state index < -0.39 is 58.6 Å². The van der Waals surface area contributed by atoms with Crippen LogP contribution in [-0.4, -0.2) is 83.8 Å². The quantitative estimate of drug-likeness (QED) is 0.311. The number of hydrogen-bond acceptors (Lipinski definition) is 7. The highest BCUT2D eigenvalue weighted by atomic mass is 16.6. The van der Waals surface area contributed by atoms with Crippen molar-refractivity contribution in [2.75, 3.05) is 18.0 Å². The van der Waals surface area contributed by atoms with Gasteiger partial charge in [-0.1, -0.05) is 52.3 Å². The molecule has 3 N–H and O–H groups in total. The van der Waals surface area contributed by atoms with Crippen molar-refractivity contribution in [2.24, 2.45) is 10.8 Å². The normalized spacial score (nSPS) is 24.3. The average Bonchev–Trinajstić information content (AvgIpc) is 3.39. The molecule has 47 heavy (non-hydrogen) atoms. The molecule has 2 saturated heterocycles. The summed E-state index contributed by atoms with van der Waals surface area (Å²) in [4.78, 5) is 83.9. The smallest absolute Gasteiger partial charge is 0.408 e. The summed E-state index contributed by atoms with van der Waals surface area (Å²) >= 11 is 0. The molecular formula is C35H49N5O7. The lowest BCUT2D eigenvalue weighted by molar-refractivity contribution is -0.144. The largest absolute Gasteiger partial charge is 0.446 e. The monoisotopic (exact) mass is 651 g/mol. The van der Waals surface area contributed by atoms with Crippen molar-refractivity contribution in [2.45, 2.75) is 122 Å². The molecule has 0 aromatic heterocycles. The zero-order valence-corrected chi connectivity index (χ0v) is 28.0. The number of alkyl carbamates (subject to hydrolysis) is 1. The van der Waals surface area contributed by atoms with Crippen LogP contribution >= 0.6 is 0 Å². The number of nitrogens with one attached hydrogen (secondary N) is 3. The van der Waals surface area contributed by atoms with Crippen LogP contribution in [0.1, 0.15) is 91.9 Å². The summed E-state index contributed by atoms with van der Waals surface area (Å²) in [6.45, 7) is 7.77. The molecule has 5 rings (SSSR count).